The molecule has 0 heterocycles. The molecule has 0 aliphatic rings. The second-order valence-electron chi connectivity index (χ2n) is 4.81. The summed E-state index contributed by atoms with van der Waals surface area (Å²) >= 11 is 0. The van der Waals surface area contributed by atoms with Crippen molar-refractivity contribution in [2.45, 2.75) is 38.4 Å². The summed E-state index contributed by atoms with van der Waals surface area (Å²) in [5, 5.41) is 26.0. The van der Waals surface area contributed by atoms with Crippen LogP contribution < -0.4 is 0 Å². The van der Waals surface area contributed by atoms with Crippen LogP contribution in [0.15, 0.2) is 0 Å². The number of hydrogen-bond donors (Lipinski definition) is 3. The number of rotatable bonds is 7. The van der Waals surface area contributed by atoms with Crippen LogP contribution in [0.4, 0.5) is 9.59 Å². The first-order valence-corrected chi connectivity index (χ1v) is 6.80. The molecule has 0 aromatic heterocycles. The third-order valence-corrected chi connectivity index (χ3v) is 2.51. The number of hydrogen-bond acceptors (Lipinski definition) is 12. The van der Waals surface area contributed by atoms with Gasteiger partial charge in [0.25, 0.3) is 0 Å². The number of halogens is 1. The molecule has 1 unspecified atom stereocenters. The molecule has 0 aliphatic carbocycles. The van der Waals surface area contributed by atoms with Crippen LogP contribution in [-0.2, 0) is 42.9 Å². The van der Waals surface area contributed by atoms with Crippen LogP contribution in [0.1, 0.15) is 26.7 Å². The van der Waals surface area contributed by atoms with Gasteiger partial charge in [-0.05, 0) is 6.92 Å². The number of carbonyl (C=O) groups excluding carboxylic acids is 5. The van der Waals surface area contributed by atoms with E-state index < -0.39 is 66.7 Å². The average Bonchev–Trinajstić information content (AvgIpc) is 2.43. The van der Waals surface area contributed by atoms with E-state index in [1.807, 2.05) is 0 Å². The second kappa shape index (κ2) is 25.4. The van der Waals surface area contributed by atoms with Crippen molar-refractivity contribution in [1.82, 2.24) is 0 Å². The Morgan fingerprint density at radius 1 is 0.758 bits per heavy atom. The summed E-state index contributed by atoms with van der Waals surface area (Å²) in [6.45, 7) is 1.60. The second-order valence-corrected chi connectivity index (χ2v) is 4.81. The summed E-state index contributed by atoms with van der Waals surface area (Å²) in [6.07, 6.45) is -9.12. The van der Waals surface area contributed by atoms with Gasteiger partial charge < -0.3 is 34.3 Å². The molecule has 0 amide bonds. The van der Waals surface area contributed by atoms with Gasteiger partial charge in [0.15, 0.2) is 0 Å². The molecule has 168 valence electrons. The topological polar surface area (TPSA) is 217 Å². The summed E-state index contributed by atoms with van der Waals surface area (Å²) in [5.41, 5.74) is -3.06. The van der Waals surface area contributed by atoms with Crippen LogP contribution in [0.5, 0.6) is 0 Å². The molecule has 0 radical (unpaired) electrons. The summed E-state index contributed by atoms with van der Waals surface area (Å²) in [5.74, 6) is -8.18. The van der Waals surface area contributed by atoms with Crippen molar-refractivity contribution in [3.8, 4) is 0 Å². The molecule has 20 heteroatoms. The SMILES string of the molecule is CC(=O)OC(=O)C(CC(=O)OC(=O)O)(CC(=O)OC(=O)O)OC(=O)C(C)O.Cl.[NaH].[NaH].[NaH].[NaH].[NaH]. The van der Waals surface area contributed by atoms with Crippen molar-refractivity contribution in [2.24, 2.45) is 0 Å². The normalized spacial score (nSPS) is 9.42. The summed E-state index contributed by atoms with van der Waals surface area (Å²) in [6, 6.07) is 0. The van der Waals surface area contributed by atoms with Gasteiger partial charge in [-0.3, -0.25) is 14.4 Å². The van der Waals surface area contributed by atoms with Gasteiger partial charge in [-0.25, -0.2) is 19.2 Å². The maximum atomic E-state index is 12.2. The number of ether oxygens (including phenoxy) is 4. The van der Waals surface area contributed by atoms with Crippen LogP contribution in [0.2, 0.25) is 0 Å². The first-order chi connectivity index (χ1) is 12.3. The molecule has 0 rings (SSSR count). The minimum atomic E-state index is -3.06. The average molecular weight is 551 g/mol. The first kappa shape index (κ1) is 51.4. The minimum absolute atomic E-state index is 0. The fourth-order valence-electron chi connectivity index (χ4n) is 1.56. The van der Waals surface area contributed by atoms with E-state index in [1.54, 1.807) is 0 Å². The number of carboxylic acid groups (broad SMARTS) is 2. The molecule has 0 saturated heterocycles. The molecule has 0 aliphatic heterocycles. The maximum absolute atomic E-state index is 12.2. The van der Waals surface area contributed by atoms with E-state index in [4.69, 9.17) is 10.2 Å². The van der Waals surface area contributed by atoms with Crippen LogP contribution in [0.3, 0.4) is 0 Å². The van der Waals surface area contributed by atoms with Gasteiger partial charge in [0.05, 0.1) is 12.8 Å². The molecular formula is C13H20ClNa5O14. The van der Waals surface area contributed by atoms with Gasteiger partial charge in [0.2, 0.25) is 5.60 Å². The third kappa shape index (κ3) is 22.6. The molecule has 0 aromatic carbocycles. The van der Waals surface area contributed by atoms with E-state index in [9.17, 15) is 38.7 Å². The fourth-order valence-corrected chi connectivity index (χ4v) is 1.56. The first-order valence-electron chi connectivity index (χ1n) is 6.80. The zero-order chi connectivity index (χ0) is 21.4. The number of aliphatic hydroxyl groups is 1. The number of carbonyl (C=O) groups is 7. The Hall–Kier alpha value is 1.74. The van der Waals surface area contributed by atoms with Gasteiger partial charge >= 0.3 is 190 Å². The summed E-state index contributed by atoms with van der Waals surface area (Å²) < 4.78 is 16.2. The van der Waals surface area contributed by atoms with E-state index in [0.717, 1.165) is 13.8 Å². The van der Waals surface area contributed by atoms with Crippen LogP contribution in [0.25, 0.3) is 0 Å². The van der Waals surface area contributed by atoms with E-state index in [0.29, 0.717) is 0 Å². The van der Waals surface area contributed by atoms with Gasteiger partial charge in [-0.15, -0.1) is 12.4 Å². The monoisotopic (exact) mass is 550 g/mol. The predicted molar refractivity (Wildman–Crippen MR) is 118 cm³/mol. The van der Waals surface area contributed by atoms with Gasteiger partial charge in [-0.1, -0.05) is 0 Å². The Labute approximate surface area is 303 Å². The standard InChI is InChI=1S/C13H14O14.ClH.5Na.5H/c1-5(14)9(18)27-13(10(19)24-6(2)15,3-7(16)25-11(20)21)4-8(17)26-12(22)23;;;;;;;;;;;/h5,14H,3-4H2,1-2H3,(H,20,21)(H,22,23);1H;;;;;;;;;;. The summed E-state index contributed by atoms with van der Waals surface area (Å²) in [7, 11) is 0. The predicted octanol–water partition coefficient (Wildman–Crippen LogP) is -3.86. The van der Waals surface area contributed by atoms with Gasteiger partial charge in [0.1, 0.15) is 6.10 Å². The van der Waals surface area contributed by atoms with Crippen molar-refractivity contribution in [2.75, 3.05) is 0 Å². The Morgan fingerprint density at radius 3 is 1.33 bits per heavy atom. The molecule has 33 heavy (non-hydrogen) atoms. The Bertz CT molecular complexity index is 656. The molecular weight excluding hydrogens is 531 g/mol. The molecule has 0 aromatic rings. The molecule has 3 N–H and O–H groups in total. The van der Waals surface area contributed by atoms with Gasteiger partial charge in [0, 0.05) is 6.92 Å². The van der Waals surface area contributed by atoms with Gasteiger partial charge in [-0.2, -0.15) is 0 Å². The molecule has 0 saturated carbocycles. The van der Waals surface area contributed by atoms with E-state index >= 15 is 0 Å². The zero-order valence-electron chi connectivity index (χ0n) is 14.2. The molecule has 1 atom stereocenters. The Balaban J connectivity index is -0.000000225. The molecule has 14 nitrogen and oxygen atoms in total. The van der Waals surface area contributed by atoms with Crippen LogP contribution in [0, 0.1) is 0 Å². The van der Waals surface area contributed by atoms with Crippen molar-refractivity contribution >= 4 is 202 Å². The van der Waals surface area contributed by atoms with Crippen LogP contribution in [-0.4, -0.2) is 217 Å². The molecule has 0 bridgehead atoms. The Kier molecular flexibility index (Phi) is 39.5. The molecule has 0 spiro atoms. The van der Waals surface area contributed by atoms with Crippen molar-refractivity contribution in [3.63, 3.8) is 0 Å². The van der Waals surface area contributed by atoms with E-state index in [2.05, 4.69) is 18.9 Å². The number of aliphatic hydroxyl groups excluding tert-OH is 1. The van der Waals surface area contributed by atoms with Crippen molar-refractivity contribution < 1.29 is 67.8 Å². The molecule has 0 fully saturated rings. The Morgan fingerprint density at radius 2 is 1.09 bits per heavy atom. The van der Waals surface area contributed by atoms with Crippen LogP contribution >= 0.6 is 12.4 Å². The fraction of sp³-hybridized carbons (Fsp3) is 0.462. The van der Waals surface area contributed by atoms with E-state index in [1.165, 1.54) is 0 Å². The quantitative estimate of drug-likeness (QED) is 0.120. The van der Waals surface area contributed by atoms with E-state index in [-0.39, 0.29) is 160 Å². The zero-order valence-corrected chi connectivity index (χ0v) is 15.0. The third-order valence-electron chi connectivity index (χ3n) is 2.51. The van der Waals surface area contributed by atoms with Crippen molar-refractivity contribution in [1.29, 1.82) is 0 Å². The number of esters is 5. The van der Waals surface area contributed by atoms with Crippen molar-refractivity contribution in [3.05, 3.63) is 0 Å². The summed E-state index contributed by atoms with van der Waals surface area (Å²) in [4.78, 5) is 78.8.